The lowest BCUT2D eigenvalue weighted by molar-refractivity contribution is -0.385. The van der Waals surface area contributed by atoms with E-state index >= 15 is 0 Å². The summed E-state index contributed by atoms with van der Waals surface area (Å²) in [5.41, 5.74) is 1.67. The van der Waals surface area contributed by atoms with E-state index in [0.29, 0.717) is 14.7 Å². The maximum Gasteiger partial charge on any atom is 0.271 e. The third-order valence-electron chi connectivity index (χ3n) is 2.66. The molecule has 0 saturated heterocycles. The maximum atomic E-state index is 10.8. The first-order valence-electron chi connectivity index (χ1n) is 5.90. The Morgan fingerprint density at radius 2 is 2.00 bits per heavy atom. The molecule has 1 aromatic carbocycles. The fourth-order valence-electron chi connectivity index (χ4n) is 1.65. The van der Waals surface area contributed by atoms with Crippen LogP contribution in [0.4, 0.5) is 11.4 Å². The summed E-state index contributed by atoms with van der Waals surface area (Å²) in [4.78, 5) is 14.5. The number of halogens is 2. The second-order valence-corrected chi connectivity index (χ2v) is 5.78. The molecule has 0 radical (unpaired) electrons. The van der Waals surface area contributed by atoms with Crippen LogP contribution in [0.25, 0.3) is 0 Å². The molecule has 2 aromatic rings. The van der Waals surface area contributed by atoms with Crippen molar-refractivity contribution >= 4 is 43.2 Å². The Hall–Kier alpha value is -1.67. The molecule has 0 aliphatic heterocycles. The van der Waals surface area contributed by atoms with Gasteiger partial charge in [-0.2, -0.15) is 0 Å². The second-order valence-electron chi connectivity index (χ2n) is 4.07. The molecular weight excluding hydrogens is 406 g/mol. The van der Waals surface area contributed by atoms with Crippen LogP contribution in [0.15, 0.2) is 39.4 Å². The van der Waals surface area contributed by atoms with Crippen molar-refractivity contribution in [3.8, 4) is 5.75 Å². The van der Waals surface area contributed by atoms with Crippen molar-refractivity contribution in [1.82, 2.24) is 4.98 Å². The SMILES string of the molecule is CNc1ccnc(COc2c(Br)cc([N+](=O)[O-])cc2Br)c1. The van der Waals surface area contributed by atoms with Crippen LogP contribution < -0.4 is 10.1 Å². The standard InChI is InChI=1S/C13H11Br2N3O3/c1-16-8-2-3-17-9(4-8)7-21-13-11(14)5-10(18(19)20)6-12(13)15/h2-6H,7H2,1H3,(H,16,17). The number of hydrogen-bond donors (Lipinski definition) is 1. The number of pyridine rings is 1. The van der Waals surface area contributed by atoms with E-state index in [4.69, 9.17) is 4.74 Å². The van der Waals surface area contributed by atoms with Crippen LogP contribution in [0.2, 0.25) is 0 Å². The number of anilines is 1. The molecule has 6 nitrogen and oxygen atoms in total. The summed E-state index contributed by atoms with van der Waals surface area (Å²) in [5, 5.41) is 13.8. The number of nitro groups is 1. The molecule has 0 fully saturated rings. The number of nitrogens with zero attached hydrogens (tertiary/aromatic N) is 2. The minimum absolute atomic E-state index is 0.0172. The van der Waals surface area contributed by atoms with E-state index in [1.54, 1.807) is 6.20 Å². The van der Waals surface area contributed by atoms with Gasteiger partial charge in [-0.25, -0.2) is 0 Å². The summed E-state index contributed by atoms with van der Waals surface area (Å²) in [6.45, 7) is 0.254. The molecule has 0 spiro atoms. The summed E-state index contributed by atoms with van der Waals surface area (Å²) in [7, 11) is 1.82. The van der Waals surface area contributed by atoms with E-state index in [1.807, 2.05) is 19.2 Å². The van der Waals surface area contributed by atoms with Crippen LogP contribution in [0.5, 0.6) is 5.75 Å². The second kappa shape index (κ2) is 6.86. The highest BCUT2D eigenvalue weighted by Gasteiger charge is 2.15. The molecule has 0 unspecified atom stereocenters. The summed E-state index contributed by atoms with van der Waals surface area (Å²) in [6.07, 6.45) is 1.68. The molecule has 1 aromatic heterocycles. The lowest BCUT2D eigenvalue weighted by atomic mass is 10.3. The van der Waals surface area contributed by atoms with E-state index in [9.17, 15) is 10.1 Å². The predicted octanol–water partition coefficient (Wildman–Crippen LogP) is 4.14. The summed E-state index contributed by atoms with van der Waals surface area (Å²) in [6, 6.07) is 6.52. The lowest BCUT2D eigenvalue weighted by Gasteiger charge is -2.10. The zero-order chi connectivity index (χ0) is 15.4. The summed E-state index contributed by atoms with van der Waals surface area (Å²) >= 11 is 6.55. The van der Waals surface area contributed by atoms with Gasteiger partial charge in [-0.1, -0.05) is 0 Å². The molecule has 0 atom stereocenters. The number of aromatic nitrogens is 1. The van der Waals surface area contributed by atoms with Gasteiger partial charge in [-0.3, -0.25) is 15.1 Å². The van der Waals surface area contributed by atoms with Crippen LogP contribution in [0, 0.1) is 10.1 Å². The molecular formula is C13H11Br2N3O3. The number of nitrogens with one attached hydrogen (secondary N) is 1. The molecule has 1 heterocycles. The van der Waals surface area contributed by atoms with Crippen LogP contribution in [0.3, 0.4) is 0 Å². The molecule has 0 bridgehead atoms. The zero-order valence-corrected chi connectivity index (χ0v) is 14.1. The molecule has 0 amide bonds. The van der Waals surface area contributed by atoms with Gasteiger partial charge in [-0.15, -0.1) is 0 Å². The fraction of sp³-hybridized carbons (Fsp3) is 0.154. The van der Waals surface area contributed by atoms with Gasteiger partial charge in [0.05, 0.1) is 19.6 Å². The highest BCUT2D eigenvalue weighted by atomic mass is 79.9. The van der Waals surface area contributed by atoms with E-state index in [1.165, 1.54) is 12.1 Å². The van der Waals surface area contributed by atoms with Crippen LogP contribution >= 0.6 is 31.9 Å². The van der Waals surface area contributed by atoms with Gasteiger partial charge in [0.15, 0.2) is 0 Å². The van der Waals surface area contributed by atoms with E-state index in [-0.39, 0.29) is 12.3 Å². The molecule has 0 aliphatic carbocycles. The third kappa shape index (κ3) is 3.92. The van der Waals surface area contributed by atoms with Crippen molar-refractivity contribution in [3.05, 3.63) is 55.2 Å². The maximum absolute atomic E-state index is 10.8. The topological polar surface area (TPSA) is 77.3 Å². The zero-order valence-electron chi connectivity index (χ0n) is 11.0. The fourth-order valence-corrected chi connectivity index (χ4v) is 3.04. The summed E-state index contributed by atoms with van der Waals surface area (Å²) < 4.78 is 6.70. The first-order valence-corrected chi connectivity index (χ1v) is 7.48. The molecule has 21 heavy (non-hydrogen) atoms. The minimum Gasteiger partial charge on any atom is -0.485 e. The largest absolute Gasteiger partial charge is 0.485 e. The van der Waals surface area contributed by atoms with Crippen LogP contribution in [-0.4, -0.2) is 17.0 Å². The van der Waals surface area contributed by atoms with E-state index < -0.39 is 4.92 Å². The average molecular weight is 417 g/mol. The Labute approximate surface area is 137 Å². The molecule has 2 rings (SSSR count). The van der Waals surface area contributed by atoms with Crippen molar-refractivity contribution in [1.29, 1.82) is 0 Å². The van der Waals surface area contributed by atoms with Crippen molar-refractivity contribution < 1.29 is 9.66 Å². The molecule has 0 aliphatic rings. The van der Waals surface area contributed by atoms with Crippen LogP contribution in [-0.2, 0) is 6.61 Å². The third-order valence-corrected chi connectivity index (χ3v) is 3.84. The minimum atomic E-state index is -0.461. The Morgan fingerprint density at radius 3 is 2.57 bits per heavy atom. The van der Waals surface area contributed by atoms with Gasteiger partial charge in [0.2, 0.25) is 0 Å². The predicted molar refractivity (Wildman–Crippen MR) is 86.6 cm³/mol. The number of nitro benzene ring substituents is 1. The van der Waals surface area contributed by atoms with Gasteiger partial charge < -0.3 is 10.1 Å². The average Bonchev–Trinajstić information content (AvgIpc) is 2.46. The number of non-ortho nitro benzene ring substituents is 1. The number of ether oxygens (including phenoxy) is 1. The molecule has 1 N–H and O–H groups in total. The summed E-state index contributed by atoms with van der Waals surface area (Å²) in [5.74, 6) is 0.497. The Morgan fingerprint density at radius 1 is 1.33 bits per heavy atom. The molecule has 8 heteroatoms. The normalized spacial score (nSPS) is 10.2. The van der Waals surface area contributed by atoms with E-state index in [0.717, 1.165) is 11.4 Å². The van der Waals surface area contributed by atoms with Crippen molar-refractivity contribution in [2.45, 2.75) is 6.61 Å². The highest BCUT2D eigenvalue weighted by Crippen LogP contribution is 2.37. The molecule has 110 valence electrons. The Kier molecular flexibility index (Phi) is 5.13. The highest BCUT2D eigenvalue weighted by molar-refractivity contribution is 9.11. The van der Waals surface area contributed by atoms with E-state index in [2.05, 4.69) is 42.2 Å². The molecule has 0 saturated carbocycles. The van der Waals surface area contributed by atoms with Gasteiger partial charge >= 0.3 is 0 Å². The lowest BCUT2D eigenvalue weighted by Crippen LogP contribution is -2.01. The van der Waals surface area contributed by atoms with Crippen molar-refractivity contribution in [2.75, 3.05) is 12.4 Å². The number of hydrogen-bond acceptors (Lipinski definition) is 5. The monoisotopic (exact) mass is 415 g/mol. The first-order chi connectivity index (χ1) is 10.0. The quantitative estimate of drug-likeness (QED) is 0.585. The van der Waals surface area contributed by atoms with Gasteiger partial charge in [-0.05, 0) is 44.0 Å². The smallest absolute Gasteiger partial charge is 0.271 e. The Balaban J connectivity index is 2.18. The first kappa shape index (κ1) is 15.7. The van der Waals surface area contributed by atoms with Crippen molar-refractivity contribution in [3.63, 3.8) is 0 Å². The Bertz CT molecular complexity index is 656. The number of rotatable bonds is 5. The van der Waals surface area contributed by atoms with Crippen LogP contribution in [0.1, 0.15) is 5.69 Å². The van der Waals surface area contributed by atoms with Gasteiger partial charge in [0, 0.05) is 31.1 Å². The van der Waals surface area contributed by atoms with Crippen molar-refractivity contribution in [2.24, 2.45) is 0 Å². The number of benzene rings is 1. The van der Waals surface area contributed by atoms with Gasteiger partial charge in [0.25, 0.3) is 5.69 Å². The van der Waals surface area contributed by atoms with Gasteiger partial charge in [0.1, 0.15) is 12.4 Å².